The van der Waals surface area contributed by atoms with Crippen molar-refractivity contribution in [3.05, 3.63) is 53.1 Å². The molecule has 4 rings (SSSR count). The third-order valence-electron chi connectivity index (χ3n) is 6.07. The van der Waals surface area contributed by atoms with Gasteiger partial charge in [0.2, 0.25) is 0 Å². The van der Waals surface area contributed by atoms with Gasteiger partial charge < -0.3 is 5.11 Å². The van der Waals surface area contributed by atoms with Gasteiger partial charge in [-0.1, -0.05) is 18.2 Å². The summed E-state index contributed by atoms with van der Waals surface area (Å²) in [5, 5.41) is 20.6. The number of aromatic hydroxyl groups is 1. The highest BCUT2D eigenvalue weighted by molar-refractivity contribution is 7.91. The van der Waals surface area contributed by atoms with Crippen LogP contribution in [0.3, 0.4) is 0 Å². The van der Waals surface area contributed by atoms with E-state index < -0.39 is 9.84 Å². The van der Waals surface area contributed by atoms with E-state index in [4.69, 9.17) is 0 Å². The maximum absolute atomic E-state index is 12.9. The minimum Gasteiger partial charge on any atom is -0.505 e. The fourth-order valence-corrected chi connectivity index (χ4v) is 5.45. The van der Waals surface area contributed by atoms with Gasteiger partial charge in [-0.15, -0.1) is 0 Å². The van der Waals surface area contributed by atoms with Crippen molar-refractivity contribution in [3.63, 3.8) is 0 Å². The van der Waals surface area contributed by atoms with Crippen LogP contribution in [-0.2, 0) is 14.6 Å². The lowest BCUT2D eigenvalue weighted by atomic mass is 9.92. The minimum absolute atomic E-state index is 0.0206. The number of nitrogens with zero attached hydrogens (tertiary/aromatic N) is 3. The van der Waals surface area contributed by atoms with Crippen LogP contribution in [-0.4, -0.2) is 42.4 Å². The number of anilines is 2. The number of rotatable bonds is 4. The van der Waals surface area contributed by atoms with Crippen LogP contribution in [0.4, 0.5) is 11.4 Å². The van der Waals surface area contributed by atoms with Crippen molar-refractivity contribution >= 4 is 38.5 Å². The van der Waals surface area contributed by atoms with Crippen LogP contribution in [0.2, 0.25) is 0 Å². The Bertz CT molecular complexity index is 1240. The molecule has 0 atom stereocenters. The van der Waals surface area contributed by atoms with Crippen molar-refractivity contribution in [1.82, 2.24) is 0 Å². The number of para-hydroxylation sites is 1. The Kier molecular flexibility index (Phi) is 5.77. The van der Waals surface area contributed by atoms with Gasteiger partial charge in [0.1, 0.15) is 15.6 Å². The van der Waals surface area contributed by atoms with E-state index >= 15 is 0 Å². The van der Waals surface area contributed by atoms with Gasteiger partial charge in [0.15, 0.2) is 5.71 Å². The Labute approximate surface area is 187 Å². The standard InChI is InChI=1S/C23H26N4O4S/c1-14-7-8-18(13-15(14)2)27-23(29)21(16(3)26-27)25-24-20-6-4-5-19(22(20)28)17-9-11-32(30,31)12-10-17/h4-8,13,17,24,28H,9-12H2,1-3H3/b25-21-. The first-order valence-electron chi connectivity index (χ1n) is 10.5. The average molecular weight is 455 g/mol. The van der Waals surface area contributed by atoms with E-state index in [9.17, 15) is 18.3 Å². The molecular formula is C23H26N4O4S. The van der Waals surface area contributed by atoms with Crippen molar-refractivity contribution in [2.45, 2.75) is 39.5 Å². The lowest BCUT2D eigenvalue weighted by Crippen LogP contribution is -2.28. The lowest BCUT2D eigenvalue weighted by Gasteiger charge is -2.23. The molecule has 2 N–H and O–H groups in total. The number of aryl methyl sites for hydroxylation is 2. The van der Waals surface area contributed by atoms with Gasteiger partial charge in [0, 0.05) is 0 Å². The predicted molar refractivity (Wildman–Crippen MR) is 126 cm³/mol. The molecule has 8 nitrogen and oxygen atoms in total. The van der Waals surface area contributed by atoms with E-state index in [-0.39, 0.29) is 34.8 Å². The quantitative estimate of drug-likeness (QED) is 0.543. The van der Waals surface area contributed by atoms with Gasteiger partial charge >= 0.3 is 5.91 Å². The van der Waals surface area contributed by atoms with Gasteiger partial charge in [-0.2, -0.15) is 15.2 Å². The van der Waals surface area contributed by atoms with Crippen molar-refractivity contribution in [1.29, 1.82) is 0 Å². The molecule has 168 valence electrons. The Hall–Kier alpha value is -3.20. The number of benzene rings is 2. The van der Waals surface area contributed by atoms with Crippen molar-refractivity contribution < 1.29 is 18.3 Å². The van der Waals surface area contributed by atoms with E-state index in [2.05, 4.69) is 15.6 Å². The maximum atomic E-state index is 12.9. The number of phenolic OH excluding ortho intramolecular Hbond substituents is 1. The molecule has 1 amide bonds. The number of sulfone groups is 1. The Morgan fingerprint density at radius 3 is 2.50 bits per heavy atom. The molecule has 0 aliphatic carbocycles. The highest BCUT2D eigenvalue weighted by Gasteiger charge is 2.31. The van der Waals surface area contributed by atoms with Crippen molar-refractivity contribution in [2.75, 3.05) is 21.9 Å². The van der Waals surface area contributed by atoms with Crippen molar-refractivity contribution in [2.24, 2.45) is 10.2 Å². The normalized spacial score (nSPS) is 20.0. The second-order valence-electron chi connectivity index (χ2n) is 8.31. The number of carbonyl (C=O) groups is 1. The second kappa shape index (κ2) is 8.38. The third-order valence-corrected chi connectivity index (χ3v) is 7.79. The number of phenols is 1. The first-order chi connectivity index (χ1) is 15.2. The van der Waals surface area contributed by atoms with Gasteiger partial charge in [0.25, 0.3) is 0 Å². The number of hydrogen-bond acceptors (Lipinski definition) is 7. The molecule has 0 radical (unpaired) electrons. The first kappa shape index (κ1) is 22.0. The fourth-order valence-electron chi connectivity index (χ4n) is 3.96. The average Bonchev–Trinajstić information content (AvgIpc) is 3.03. The number of nitrogens with one attached hydrogen (secondary N) is 1. The van der Waals surface area contributed by atoms with Crippen LogP contribution in [0.1, 0.15) is 42.4 Å². The Morgan fingerprint density at radius 1 is 1.09 bits per heavy atom. The second-order valence-corrected chi connectivity index (χ2v) is 10.6. The van der Waals surface area contributed by atoms with Gasteiger partial charge in [-0.05, 0) is 74.4 Å². The van der Waals surface area contributed by atoms with Gasteiger partial charge in [0.05, 0.1) is 28.6 Å². The number of hydrogen-bond donors (Lipinski definition) is 2. The smallest absolute Gasteiger partial charge is 0.301 e. The summed E-state index contributed by atoms with van der Waals surface area (Å²) < 4.78 is 23.4. The fraction of sp³-hybridized carbons (Fsp3) is 0.348. The summed E-state index contributed by atoms with van der Waals surface area (Å²) in [5.41, 5.74) is 7.32. The predicted octanol–water partition coefficient (Wildman–Crippen LogP) is 3.49. The highest BCUT2D eigenvalue weighted by Crippen LogP contribution is 2.38. The number of carbonyl (C=O) groups excluding carboxylic acids is 1. The van der Waals surface area contributed by atoms with Crippen molar-refractivity contribution in [3.8, 4) is 5.75 Å². The lowest BCUT2D eigenvalue weighted by molar-refractivity contribution is -0.112. The molecule has 0 bridgehead atoms. The molecule has 0 unspecified atom stereocenters. The number of hydrazone groups is 2. The molecule has 2 aliphatic rings. The van der Waals surface area contributed by atoms with Crippen LogP contribution < -0.4 is 10.4 Å². The largest absolute Gasteiger partial charge is 0.505 e. The van der Waals surface area contributed by atoms with Crippen LogP contribution in [0, 0.1) is 13.8 Å². The zero-order chi connectivity index (χ0) is 23.0. The third kappa shape index (κ3) is 4.25. The van der Waals surface area contributed by atoms with Crippen LogP contribution in [0.5, 0.6) is 5.75 Å². The van der Waals surface area contributed by atoms with Crippen LogP contribution in [0.25, 0.3) is 0 Å². The molecule has 0 spiro atoms. The van der Waals surface area contributed by atoms with E-state index in [0.717, 1.165) is 11.1 Å². The topological polar surface area (TPSA) is 111 Å². The highest BCUT2D eigenvalue weighted by atomic mass is 32.2. The summed E-state index contributed by atoms with van der Waals surface area (Å²) in [4.78, 5) is 12.9. The minimum atomic E-state index is -2.99. The maximum Gasteiger partial charge on any atom is 0.301 e. The molecule has 2 aromatic rings. The molecule has 0 saturated carbocycles. The van der Waals surface area contributed by atoms with Gasteiger partial charge in [-0.25, -0.2) is 8.42 Å². The van der Waals surface area contributed by atoms with E-state index in [1.54, 1.807) is 25.1 Å². The van der Waals surface area contributed by atoms with Crippen LogP contribution in [0.15, 0.2) is 46.6 Å². The van der Waals surface area contributed by atoms with Crippen LogP contribution >= 0.6 is 0 Å². The summed E-state index contributed by atoms with van der Waals surface area (Å²) in [7, 11) is -2.99. The molecule has 1 fully saturated rings. The summed E-state index contributed by atoms with van der Waals surface area (Å²) >= 11 is 0. The molecule has 2 aliphatic heterocycles. The first-order valence-corrected chi connectivity index (χ1v) is 12.3. The SMILES string of the molecule is CC1=NN(c2ccc(C)c(C)c2)C(=O)/C1=N\Nc1cccc(C2CCS(=O)(=O)CC2)c1O. The number of amides is 1. The molecule has 1 saturated heterocycles. The Morgan fingerprint density at radius 2 is 1.81 bits per heavy atom. The molecule has 2 heterocycles. The monoisotopic (exact) mass is 454 g/mol. The van der Waals surface area contributed by atoms with E-state index in [0.29, 0.717) is 35.5 Å². The molecule has 2 aromatic carbocycles. The summed E-state index contributed by atoms with van der Waals surface area (Å²) in [6.45, 7) is 5.69. The van der Waals surface area contributed by atoms with E-state index in [1.165, 1.54) is 5.01 Å². The zero-order valence-corrected chi connectivity index (χ0v) is 19.1. The Balaban J connectivity index is 1.54. The van der Waals surface area contributed by atoms with Gasteiger partial charge in [-0.3, -0.25) is 10.2 Å². The zero-order valence-electron chi connectivity index (χ0n) is 18.3. The summed E-state index contributed by atoms with van der Waals surface area (Å²) in [6.07, 6.45) is 0.950. The van der Waals surface area contributed by atoms with E-state index in [1.807, 2.05) is 32.0 Å². The molecule has 0 aromatic heterocycles. The molecular weight excluding hydrogens is 428 g/mol. The molecule has 32 heavy (non-hydrogen) atoms. The summed E-state index contributed by atoms with van der Waals surface area (Å²) in [5.74, 6) is -0.131. The molecule has 9 heteroatoms. The summed E-state index contributed by atoms with van der Waals surface area (Å²) in [6, 6.07) is 10.9.